The summed E-state index contributed by atoms with van der Waals surface area (Å²) < 4.78 is 25.0. The highest BCUT2D eigenvalue weighted by atomic mass is 32.2. The molecule has 1 aromatic rings. The van der Waals surface area contributed by atoms with Crippen molar-refractivity contribution in [3.63, 3.8) is 0 Å². The molecule has 19 heavy (non-hydrogen) atoms. The Balaban J connectivity index is 2.23. The molecule has 2 rings (SSSR count). The summed E-state index contributed by atoms with van der Waals surface area (Å²) >= 11 is 0. The van der Waals surface area contributed by atoms with Crippen molar-refractivity contribution < 1.29 is 8.60 Å². The van der Waals surface area contributed by atoms with Crippen molar-refractivity contribution in [1.29, 1.82) is 0 Å². The normalized spacial score (nSPS) is 26.6. The van der Waals surface area contributed by atoms with Crippen LogP contribution in [0.3, 0.4) is 0 Å². The molecular weight excluding hydrogens is 261 g/mol. The third-order valence-corrected chi connectivity index (χ3v) is 6.23. The van der Waals surface area contributed by atoms with Gasteiger partial charge in [0.05, 0.1) is 4.75 Å². The minimum atomic E-state index is -0.878. The molecule has 0 N–H and O–H groups in total. The number of benzene rings is 1. The molecule has 1 aliphatic heterocycles. The predicted molar refractivity (Wildman–Crippen MR) is 78.1 cm³/mol. The second-order valence-electron chi connectivity index (χ2n) is 5.89. The van der Waals surface area contributed by atoms with Crippen LogP contribution in [0, 0.1) is 5.82 Å². The van der Waals surface area contributed by atoms with Gasteiger partial charge in [-0.1, -0.05) is 12.1 Å². The lowest BCUT2D eigenvalue weighted by Crippen LogP contribution is -2.47. The van der Waals surface area contributed by atoms with E-state index in [9.17, 15) is 8.60 Å². The Kier molecular flexibility index (Phi) is 4.11. The first kappa shape index (κ1) is 14.7. The van der Waals surface area contributed by atoms with Crippen molar-refractivity contribution in [3.05, 3.63) is 35.6 Å². The average Bonchev–Trinajstić information content (AvgIpc) is 2.71. The Labute approximate surface area is 117 Å². The number of hydrogen-bond donors (Lipinski definition) is 0. The summed E-state index contributed by atoms with van der Waals surface area (Å²) in [6.07, 6.45) is 3.76. The van der Waals surface area contributed by atoms with E-state index in [1.54, 1.807) is 18.4 Å². The summed E-state index contributed by atoms with van der Waals surface area (Å²) in [7, 11) is 1.18. The first-order valence-corrected chi connectivity index (χ1v) is 8.20. The third kappa shape index (κ3) is 2.75. The maximum Gasteiger partial charge on any atom is 0.123 e. The van der Waals surface area contributed by atoms with E-state index in [-0.39, 0.29) is 22.6 Å². The minimum absolute atomic E-state index is 0.187. The highest BCUT2D eigenvalue weighted by Crippen LogP contribution is 2.40. The van der Waals surface area contributed by atoms with Gasteiger partial charge in [0.1, 0.15) is 5.82 Å². The van der Waals surface area contributed by atoms with Gasteiger partial charge >= 0.3 is 0 Å². The monoisotopic (exact) mass is 283 g/mol. The van der Waals surface area contributed by atoms with Crippen molar-refractivity contribution in [2.45, 2.75) is 43.5 Å². The largest absolute Gasteiger partial charge is 0.295 e. The van der Waals surface area contributed by atoms with Gasteiger partial charge in [0.15, 0.2) is 0 Å². The Morgan fingerprint density at radius 2 is 2.05 bits per heavy atom. The summed E-state index contributed by atoms with van der Waals surface area (Å²) in [5.41, 5.74) is 1.02. The van der Waals surface area contributed by atoms with Crippen molar-refractivity contribution in [3.8, 4) is 0 Å². The van der Waals surface area contributed by atoms with Crippen LogP contribution in [-0.2, 0) is 10.8 Å². The van der Waals surface area contributed by atoms with Gasteiger partial charge < -0.3 is 0 Å². The Morgan fingerprint density at radius 3 is 2.63 bits per heavy atom. The molecule has 1 aromatic carbocycles. The van der Waals surface area contributed by atoms with Crippen LogP contribution in [0.15, 0.2) is 24.3 Å². The minimum Gasteiger partial charge on any atom is -0.295 e. The van der Waals surface area contributed by atoms with Gasteiger partial charge in [-0.25, -0.2) is 4.39 Å². The highest BCUT2D eigenvalue weighted by molar-refractivity contribution is 7.85. The SMILES string of the molecule is CN1C(c2cccc(F)c2)CCC1C(C)(C)S(C)=O. The molecular formula is C15H22FNOS. The van der Waals surface area contributed by atoms with Crippen LogP contribution in [0.5, 0.6) is 0 Å². The molecule has 0 bridgehead atoms. The topological polar surface area (TPSA) is 20.3 Å². The second-order valence-corrected chi connectivity index (χ2v) is 7.85. The molecule has 1 aliphatic rings. The zero-order chi connectivity index (χ0) is 14.2. The molecule has 0 spiro atoms. The number of likely N-dealkylation sites (tertiary alicyclic amines) is 1. The van der Waals surface area contributed by atoms with E-state index in [1.165, 1.54) is 6.07 Å². The molecule has 2 nitrogen and oxygen atoms in total. The summed E-state index contributed by atoms with van der Waals surface area (Å²) in [6.45, 7) is 4.11. The van der Waals surface area contributed by atoms with Crippen LogP contribution < -0.4 is 0 Å². The van der Waals surface area contributed by atoms with E-state index in [2.05, 4.69) is 25.8 Å². The zero-order valence-corrected chi connectivity index (χ0v) is 12.8. The van der Waals surface area contributed by atoms with Gasteiger partial charge in [0, 0.05) is 29.1 Å². The van der Waals surface area contributed by atoms with Gasteiger partial charge in [0.2, 0.25) is 0 Å². The quantitative estimate of drug-likeness (QED) is 0.849. The summed E-state index contributed by atoms with van der Waals surface area (Å²) in [5, 5.41) is 0. The maximum absolute atomic E-state index is 13.3. The van der Waals surface area contributed by atoms with Gasteiger partial charge in [0.25, 0.3) is 0 Å². The molecule has 0 aromatic heterocycles. The van der Waals surface area contributed by atoms with E-state index >= 15 is 0 Å². The number of halogens is 1. The summed E-state index contributed by atoms with van der Waals surface area (Å²) in [6, 6.07) is 7.31. The van der Waals surface area contributed by atoms with E-state index in [0.29, 0.717) is 0 Å². The van der Waals surface area contributed by atoms with Crippen LogP contribution in [0.1, 0.15) is 38.3 Å². The standard InChI is InChI=1S/C15H22FNOS/c1-15(2,19(4)18)14-9-8-13(17(14)3)11-6-5-7-12(16)10-11/h5-7,10,13-14H,8-9H2,1-4H3. The average molecular weight is 283 g/mol. The third-order valence-electron chi connectivity index (χ3n) is 4.47. The molecule has 4 heteroatoms. The first-order chi connectivity index (χ1) is 8.84. The fraction of sp³-hybridized carbons (Fsp3) is 0.600. The van der Waals surface area contributed by atoms with E-state index in [4.69, 9.17) is 0 Å². The molecule has 1 fully saturated rings. The lowest BCUT2D eigenvalue weighted by Gasteiger charge is -2.36. The molecule has 106 valence electrons. The highest BCUT2D eigenvalue weighted by Gasteiger charge is 2.42. The fourth-order valence-corrected chi connectivity index (χ4v) is 3.75. The van der Waals surface area contributed by atoms with Crippen molar-refractivity contribution >= 4 is 10.8 Å². The Morgan fingerprint density at radius 1 is 1.37 bits per heavy atom. The smallest absolute Gasteiger partial charge is 0.123 e. The van der Waals surface area contributed by atoms with Crippen LogP contribution >= 0.6 is 0 Å². The van der Waals surface area contributed by atoms with Gasteiger partial charge in [-0.2, -0.15) is 0 Å². The molecule has 3 unspecified atom stereocenters. The van der Waals surface area contributed by atoms with E-state index < -0.39 is 10.8 Å². The number of hydrogen-bond acceptors (Lipinski definition) is 2. The van der Waals surface area contributed by atoms with E-state index in [0.717, 1.165) is 18.4 Å². The second kappa shape index (κ2) is 5.33. The van der Waals surface area contributed by atoms with Crippen molar-refractivity contribution in [2.75, 3.05) is 13.3 Å². The van der Waals surface area contributed by atoms with Crippen LogP contribution in [0.4, 0.5) is 4.39 Å². The molecule has 0 amide bonds. The summed E-state index contributed by atoms with van der Waals surface area (Å²) in [5.74, 6) is -0.187. The number of nitrogens with zero attached hydrogens (tertiary/aromatic N) is 1. The lowest BCUT2D eigenvalue weighted by atomic mass is 10.0. The lowest BCUT2D eigenvalue weighted by molar-refractivity contribution is 0.212. The van der Waals surface area contributed by atoms with Gasteiger partial charge in [-0.15, -0.1) is 0 Å². The molecule has 0 radical (unpaired) electrons. The first-order valence-electron chi connectivity index (χ1n) is 6.65. The van der Waals surface area contributed by atoms with E-state index in [1.807, 2.05) is 6.07 Å². The Bertz CT molecular complexity index is 489. The Hall–Kier alpha value is -0.740. The van der Waals surface area contributed by atoms with Crippen molar-refractivity contribution in [1.82, 2.24) is 4.90 Å². The molecule has 1 heterocycles. The zero-order valence-electron chi connectivity index (χ0n) is 12.0. The molecule has 0 saturated carbocycles. The molecule has 3 atom stereocenters. The molecule has 1 saturated heterocycles. The van der Waals surface area contributed by atoms with Crippen LogP contribution in [0.25, 0.3) is 0 Å². The van der Waals surface area contributed by atoms with Gasteiger partial charge in [-0.05, 0) is 51.4 Å². The predicted octanol–water partition coefficient (Wildman–Crippen LogP) is 3.12. The van der Waals surface area contributed by atoms with Crippen LogP contribution in [0.2, 0.25) is 0 Å². The maximum atomic E-state index is 13.3. The summed E-state index contributed by atoms with van der Waals surface area (Å²) in [4.78, 5) is 2.26. The number of rotatable bonds is 3. The molecule has 0 aliphatic carbocycles. The van der Waals surface area contributed by atoms with Crippen molar-refractivity contribution in [2.24, 2.45) is 0 Å². The van der Waals surface area contributed by atoms with Crippen LogP contribution in [-0.4, -0.2) is 33.2 Å². The fourth-order valence-electron chi connectivity index (χ4n) is 3.09. The van der Waals surface area contributed by atoms with Gasteiger partial charge in [-0.3, -0.25) is 9.11 Å².